The first-order valence-corrected chi connectivity index (χ1v) is 7.23. The highest BCUT2D eigenvalue weighted by Crippen LogP contribution is 2.05. The van der Waals surface area contributed by atoms with Crippen LogP contribution in [0, 0.1) is 5.82 Å². The van der Waals surface area contributed by atoms with E-state index in [1.807, 2.05) is 36.4 Å². The highest BCUT2D eigenvalue weighted by Gasteiger charge is 2.11. The lowest BCUT2D eigenvalue weighted by Gasteiger charge is -2.04. The summed E-state index contributed by atoms with van der Waals surface area (Å²) in [6.07, 6.45) is 4.92. The van der Waals surface area contributed by atoms with Crippen molar-refractivity contribution >= 4 is 24.1 Å². The van der Waals surface area contributed by atoms with Gasteiger partial charge in [-0.1, -0.05) is 48.5 Å². The summed E-state index contributed by atoms with van der Waals surface area (Å²) in [5.41, 5.74) is 3.16. The average Bonchev–Trinajstić information content (AvgIpc) is 2.60. The molecule has 0 bridgehead atoms. The van der Waals surface area contributed by atoms with E-state index >= 15 is 0 Å². The van der Waals surface area contributed by atoms with Crippen LogP contribution in [0.4, 0.5) is 4.39 Å². The van der Waals surface area contributed by atoms with Gasteiger partial charge in [0, 0.05) is 6.21 Å². The molecule has 2 aromatic rings. The first kappa shape index (κ1) is 17.1. The van der Waals surface area contributed by atoms with Gasteiger partial charge in [-0.3, -0.25) is 9.59 Å². The molecule has 0 unspecified atom stereocenters. The third-order valence-electron chi connectivity index (χ3n) is 2.97. The Morgan fingerprint density at radius 1 is 1.04 bits per heavy atom. The lowest BCUT2D eigenvalue weighted by molar-refractivity contribution is -0.120. The lowest BCUT2D eigenvalue weighted by Crippen LogP contribution is -2.35. The molecule has 0 fully saturated rings. The monoisotopic (exact) mass is 325 g/mol. The molecule has 6 heteroatoms. The summed E-state index contributed by atoms with van der Waals surface area (Å²) in [6.45, 7) is -0.299. The number of nitrogens with zero attached hydrogens (tertiary/aromatic N) is 1. The molecule has 0 radical (unpaired) electrons. The molecule has 5 nitrogen and oxygen atoms in total. The van der Waals surface area contributed by atoms with Crippen LogP contribution < -0.4 is 10.7 Å². The van der Waals surface area contributed by atoms with Gasteiger partial charge in [0.25, 0.3) is 11.8 Å². The molecule has 0 aliphatic rings. The SMILES string of the molecule is O=C(CNC(=O)c1ccccc1F)N/N=C/C=C/c1ccccc1. The molecule has 2 rings (SSSR count). The summed E-state index contributed by atoms with van der Waals surface area (Å²) in [5, 5.41) is 6.04. The number of rotatable bonds is 6. The van der Waals surface area contributed by atoms with E-state index in [0.717, 1.165) is 5.56 Å². The predicted molar refractivity (Wildman–Crippen MR) is 90.8 cm³/mol. The highest BCUT2D eigenvalue weighted by molar-refractivity contribution is 5.96. The van der Waals surface area contributed by atoms with E-state index in [4.69, 9.17) is 0 Å². The van der Waals surface area contributed by atoms with Crippen molar-refractivity contribution in [3.05, 3.63) is 77.6 Å². The smallest absolute Gasteiger partial charge is 0.259 e. The molecule has 122 valence electrons. The Bertz CT molecular complexity index is 758. The van der Waals surface area contributed by atoms with Crippen molar-refractivity contribution in [1.82, 2.24) is 10.7 Å². The van der Waals surface area contributed by atoms with Crippen molar-refractivity contribution in [1.29, 1.82) is 0 Å². The fourth-order valence-electron chi connectivity index (χ4n) is 1.81. The Morgan fingerprint density at radius 3 is 2.50 bits per heavy atom. The van der Waals surface area contributed by atoms with Crippen LogP contribution in [0.2, 0.25) is 0 Å². The summed E-state index contributed by atoms with van der Waals surface area (Å²) in [5.74, 6) is -1.81. The topological polar surface area (TPSA) is 70.6 Å². The van der Waals surface area contributed by atoms with E-state index in [9.17, 15) is 14.0 Å². The molecule has 0 saturated carbocycles. The quantitative estimate of drug-likeness (QED) is 0.632. The van der Waals surface area contributed by atoms with E-state index in [1.54, 1.807) is 12.1 Å². The van der Waals surface area contributed by atoms with E-state index in [-0.39, 0.29) is 12.1 Å². The normalized spacial score (nSPS) is 10.9. The summed E-state index contributed by atoms with van der Waals surface area (Å²) in [7, 11) is 0. The maximum atomic E-state index is 13.4. The van der Waals surface area contributed by atoms with E-state index in [2.05, 4.69) is 15.8 Å². The van der Waals surface area contributed by atoms with E-state index in [1.165, 1.54) is 24.4 Å². The lowest BCUT2D eigenvalue weighted by atomic mass is 10.2. The Morgan fingerprint density at radius 2 is 1.75 bits per heavy atom. The Balaban J connectivity index is 1.73. The van der Waals surface area contributed by atoms with Crippen molar-refractivity contribution < 1.29 is 14.0 Å². The minimum Gasteiger partial charge on any atom is -0.343 e. The fourth-order valence-corrected chi connectivity index (χ4v) is 1.81. The van der Waals surface area contributed by atoms with Gasteiger partial charge in [-0.05, 0) is 23.8 Å². The van der Waals surface area contributed by atoms with Crippen molar-refractivity contribution in [3.63, 3.8) is 0 Å². The van der Waals surface area contributed by atoms with Gasteiger partial charge in [-0.15, -0.1) is 0 Å². The van der Waals surface area contributed by atoms with Gasteiger partial charge in [-0.25, -0.2) is 9.82 Å². The zero-order chi connectivity index (χ0) is 17.2. The number of hydrazone groups is 1. The average molecular weight is 325 g/mol. The van der Waals surface area contributed by atoms with Crippen LogP contribution in [-0.4, -0.2) is 24.6 Å². The van der Waals surface area contributed by atoms with Crippen LogP contribution in [0.1, 0.15) is 15.9 Å². The number of nitrogens with one attached hydrogen (secondary N) is 2. The second kappa shape index (κ2) is 8.99. The number of halogens is 1. The van der Waals surface area contributed by atoms with Gasteiger partial charge >= 0.3 is 0 Å². The Kier molecular flexibility index (Phi) is 6.40. The van der Waals surface area contributed by atoms with Crippen molar-refractivity contribution in [2.24, 2.45) is 5.10 Å². The van der Waals surface area contributed by atoms with E-state index in [0.29, 0.717) is 0 Å². The third-order valence-corrected chi connectivity index (χ3v) is 2.97. The van der Waals surface area contributed by atoms with Gasteiger partial charge < -0.3 is 5.32 Å². The summed E-state index contributed by atoms with van der Waals surface area (Å²) >= 11 is 0. The van der Waals surface area contributed by atoms with Crippen molar-refractivity contribution in [2.45, 2.75) is 0 Å². The van der Waals surface area contributed by atoms with Gasteiger partial charge in [-0.2, -0.15) is 5.10 Å². The summed E-state index contributed by atoms with van der Waals surface area (Å²) in [6, 6.07) is 15.2. The van der Waals surface area contributed by atoms with E-state index < -0.39 is 17.6 Å². The largest absolute Gasteiger partial charge is 0.343 e. The number of amides is 2. The minimum absolute atomic E-state index is 0.111. The fraction of sp³-hybridized carbons (Fsp3) is 0.0556. The maximum absolute atomic E-state index is 13.4. The molecule has 0 aromatic heterocycles. The minimum atomic E-state index is -0.656. The van der Waals surface area contributed by atoms with Crippen LogP contribution in [0.25, 0.3) is 6.08 Å². The molecule has 24 heavy (non-hydrogen) atoms. The molecule has 0 heterocycles. The maximum Gasteiger partial charge on any atom is 0.259 e. The standard InChI is InChI=1S/C18H16FN3O2/c19-16-11-5-4-10-15(16)18(24)20-13-17(23)22-21-12-6-9-14-7-2-1-3-8-14/h1-12H,13H2,(H,20,24)(H,22,23)/b9-6+,21-12+. The predicted octanol–water partition coefficient (Wildman–Crippen LogP) is 2.37. The summed E-state index contributed by atoms with van der Waals surface area (Å²) < 4.78 is 13.4. The first-order chi connectivity index (χ1) is 11.7. The second-order valence-electron chi connectivity index (χ2n) is 4.75. The molecule has 0 atom stereocenters. The van der Waals surface area contributed by atoms with Crippen LogP contribution in [-0.2, 0) is 4.79 Å². The highest BCUT2D eigenvalue weighted by atomic mass is 19.1. The zero-order valence-electron chi connectivity index (χ0n) is 12.8. The molecular weight excluding hydrogens is 309 g/mol. The molecule has 2 amide bonds. The van der Waals surface area contributed by atoms with Crippen molar-refractivity contribution in [2.75, 3.05) is 6.54 Å². The molecule has 0 spiro atoms. The Hall–Kier alpha value is -3.28. The van der Waals surface area contributed by atoms with Crippen LogP contribution >= 0.6 is 0 Å². The van der Waals surface area contributed by atoms with Gasteiger partial charge in [0.15, 0.2) is 0 Å². The second-order valence-corrected chi connectivity index (χ2v) is 4.75. The number of carbonyl (C=O) groups excluding carboxylic acids is 2. The van der Waals surface area contributed by atoms with Crippen molar-refractivity contribution in [3.8, 4) is 0 Å². The zero-order valence-corrected chi connectivity index (χ0v) is 12.8. The number of allylic oxidation sites excluding steroid dienone is 1. The number of benzene rings is 2. The van der Waals surface area contributed by atoms with Crippen LogP contribution in [0.5, 0.6) is 0 Å². The number of hydrogen-bond acceptors (Lipinski definition) is 3. The van der Waals surface area contributed by atoms with Crippen LogP contribution in [0.15, 0.2) is 65.8 Å². The summed E-state index contributed by atoms with van der Waals surface area (Å²) in [4.78, 5) is 23.3. The molecular formula is C18H16FN3O2. The van der Waals surface area contributed by atoms with Gasteiger partial charge in [0.2, 0.25) is 0 Å². The van der Waals surface area contributed by atoms with Crippen LogP contribution in [0.3, 0.4) is 0 Å². The first-order valence-electron chi connectivity index (χ1n) is 7.23. The molecule has 2 aromatic carbocycles. The molecule has 2 N–H and O–H groups in total. The van der Waals surface area contributed by atoms with Gasteiger partial charge in [0.1, 0.15) is 5.82 Å². The number of hydrogen-bond donors (Lipinski definition) is 2. The molecule has 0 aliphatic carbocycles. The molecule has 0 saturated heterocycles. The van der Waals surface area contributed by atoms with Gasteiger partial charge in [0.05, 0.1) is 12.1 Å². The Labute approximate surface area is 138 Å². The third kappa shape index (κ3) is 5.49. The number of carbonyl (C=O) groups is 2. The molecule has 0 aliphatic heterocycles.